The molecule has 3 fully saturated rings. The molecule has 4 aromatic heterocycles. The molecule has 0 aliphatic carbocycles. The van der Waals surface area contributed by atoms with Gasteiger partial charge in [-0.15, -0.1) is 10.2 Å². The second-order valence-corrected chi connectivity index (χ2v) is 15.6. The van der Waals surface area contributed by atoms with Crippen molar-refractivity contribution in [2.45, 2.75) is 42.9 Å². The molecule has 4 unspecified atom stereocenters. The molecule has 0 aromatic carbocycles. The van der Waals surface area contributed by atoms with Crippen LogP contribution in [0.25, 0.3) is 22.3 Å². The number of alkyl halides is 1. The molecule has 7 rings (SSSR count). The molecule has 2 bridgehead atoms. The molecule has 3 aliphatic rings. The second kappa shape index (κ2) is 10.6. The zero-order valence-electron chi connectivity index (χ0n) is 21.8. The van der Waals surface area contributed by atoms with Crippen LogP contribution in [0.15, 0.2) is 11.1 Å². The number of rotatable bonds is 2. The van der Waals surface area contributed by atoms with Crippen LogP contribution in [0.5, 0.6) is 0 Å². The molecule has 236 valence electrons. The molecular formula is C18H21FN12O9P2S2. The molecule has 44 heavy (non-hydrogen) atoms. The van der Waals surface area contributed by atoms with E-state index in [-0.39, 0.29) is 40.5 Å². The smallest absolute Gasteiger partial charge is 0.382 e. The van der Waals surface area contributed by atoms with Gasteiger partial charge in [-0.3, -0.25) is 27.9 Å². The van der Waals surface area contributed by atoms with Crippen molar-refractivity contribution in [2.24, 2.45) is 0 Å². The molecule has 7 heterocycles. The van der Waals surface area contributed by atoms with Crippen molar-refractivity contribution in [1.29, 1.82) is 0 Å². The zero-order chi connectivity index (χ0) is 31.0. The molecule has 0 radical (unpaired) electrons. The Morgan fingerprint density at radius 1 is 1.02 bits per heavy atom. The van der Waals surface area contributed by atoms with Gasteiger partial charge in [-0.1, -0.05) is 34.9 Å². The summed E-state index contributed by atoms with van der Waals surface area (Å²) in [6, 6.07) is 0. The highest BCUT2D eigenvalue weighted by Gasteiger charge is 2.58. The van der Waals surface area contributed by atoms with E-state index in [1.165, 1.54) is 0 Å². The van der Waals surface area contributed by atoms with Crippen LogP contribution >= 0.6 is 38.1 Å². The lowest BCUT2D eigenvalue weighted by atomic mass is 10.1. The Bertz CT molecular complexity index is 1930. The summed E-state index contributed by atoms with van der Waals surface area (Å²) in [7, 11) is 0. The van der Waals surface area contributed by atoms with E-state index in [9.17, 15) is 13.9 Å². The van der Waals surface area contributed by atoms with Crippen LogP contribution in [0.3, 0.4) is 0 Å². The number of nitrogens with two attached hydrogens (primary N) is 2. The van der Waals surface area contributed by atoms with Crippen LogP contribution in [-0.2, 0) is 42.5 Å². The van der Waals surface area contributed by atoms with Gasteiger partial charge in [0.15, 0.2) is 40.5 Å². The lowest BCUT2D eigenvalue weighted by molar-refractivity contribution is -0.0634. The third-order valence-electron chi connectivity index (χ3n) is 6.97. The summed E-state index contributed by atoms with van der Waals surface area (Å²) in [4.78, 5) is 26.4. The molecule has 0 saturated carbocycles. The molecule has 3 aliphatic heterocycles. The van der Waals surface area contributed by atoms with Gasteiger partial charge in [0.2, 0.25) is 5.95 Å². The largest absolute Gasteiger partial charge is 0.386 e. The van der Waals surface area contributed by atoms with Gasteiger partial charge in [0, 0.05) is 6.42 Å². The molecule has 21 nitrogen and oxygen atoms in total. The fraction of sp³-hybridized carbons (Fsp3) is 0.556. The van der Waals surface area contributed by atoms with E-state index < -0.39 is 75.4 Å². The minimum absolute atomic E-state index is 0.00202. The number of ether oxygens (including phenoxy) is 2. The Morgan fingerprint density at radius 2 is 1.77 bits per heavy atom. The van der Waals surface area contributed by atoms with E-state index in [2.05, 4.69) is 65.1 Å². The summed E-state index contributed by atoms with van der Waals surface area (Å²) < 4.78 is 79.4. The number of fused-ring (bicyclic) bond motifs is 5. The Balaban J connectivity index is 1.21. The minimum Gasteiger partial charge on any atom is -0.382 e. The lowest BCUT2D eigenvalue weighted by Crippen LogP contribution is -2.45. The van der Waals surface area contributed by atoms with E-state index in [4.69, 9.17) is 39.0 Å². The SMILES string of the molecule is Nc1nc2c(nnn2C2OC3COP(=O)(S)O[C@@H]4[C@@H](COP(=O)(S)O[C@H]2C3)OC[C@@]4(F)n2nnc3c(N)ncnc32)c(=O)[nH]1. The van der Waals surface area contributed by atoms with Crippen molar-refractivity contribution in [2.75, 3.05) is 31.3 Å². The van der Waals surface area contributed by atoms with Gasteiger partial charge >= 0.3 is 13.6 Å². The maximum absolute atomic E-state index is 16.8. The number of nitrogens with one attached hydrogen (secondary N) is 1. The van der Waals surface area contributed by atoms with Gasteiger partial charge in [0.25, 0.3) is 11.4 Å². The molecule has 4 aromatic rings. The number of hydrogen-bond acceptors (Lipinski definition) is 18. The molecule has 8 atom stereocenters. The first-order valence-electron chi connectivity index (χ1n) is 12.5. The molecule has 5 N–H and O–H groups in total. The highest BCUT2D eigenvalue weighted by molar-refractivity contribution is 8.44. The fourth-order valence-corrected chi connectivity index (χ4v) is 8.04. The number of halogens is 1. The maximum atomic E-state index is 16.8. The minimum atomic E-state index is -4.39. The van der Waals surface area contributed by atoms with Crippen LogP contribution in [-0.4, -0.2) is 94.2 Å². The first kappa shape index (κ1) is 29.9. The third-order valence-corrected chi connectivity index (χ3v) is 10.2. The first-order chi connectivity index (χ1) is 20.8. The Hall–Kier alpha value is -2.79. The van der Waals surface area contributed by atoms with Crippen molar-refractivity contribution in [1.82, 2.24) is 49.9 Å². The average Bonchev–Trinajstić information content (AvgIpc) is 3.72. The van der Waals surface area contributed by atoms with Crippen LogP contribution < -0.4 is 17.0 Å². The lowest BCUT2D eigenvalue weighted by Gasteiger charge is -2.30. The summed E-state index contributed by atoms with van der Waals surface area (Å²) in [5.74, 6) is -2.98. The van der Waals surface area contributed by atoms with Crippen LogP contribution in [0.2, 0.25) is 0 Å². The number of anilines is 2. The predicted molar refractivity (Wildman–Crippen MR) is 150 cm³/mol. The molecule has 3 saturated heterocycles. The number of H-pyrrole nitrogens is 1. The van der Waals surface area contributed by atoms with Crippen molar-refractivity contribution >= 4 is 72.2 Å². The van der Waals surface area contributed by atoms with Gasteiger partial charge in [-0.05, 0) is 0 Å². The fourth-order valence-electron chi connectivity index (χ4n) is 5.04. The highest BCUT2D eigenvalue weighted by Crippen LogP contribution is 2.60. The third kappa shape index (κ3) is 5.17. The Morgan fingerprint density at radius 3 is 2.59 bits per heavy atom. The van der Waals surface area contributed by atoms with E-state index >= 15 is 4.39 Å². The normalized spacial score (nSPS) is 36.6. The number of thiol groups is 2. The summed E-state index contributed by atoms with van der Waals surface area (Å²) in [5.41, 5.74) is 10.5. The quantitative estimate of drug-likeness (QED) is 0.138. The van der Waals surface area contributed by atoms with Gasteiger partial charge < -0.3 is 20.9 Å². The van der Waals surface area contributed by atoms with E-state index in [1.807, 2.05) is 0 Å². The van der Waals surface area contributed by atoms with E-state index in [0.717, 1.165) is 15.7 Å². The second-order valence-electron chi connectivity index (χ2n) is 9.84. The molecule has 0 spiro atoms. The highest BCUT2D eigenvalue weighted by atomic mass is 32.7. The molecule has 0 amide bonds. The van der Waals surface area contributed by atoms with Gasteiger partial charge in [0.05, 0.1) is 19.3 Å². The number of aromatic amines is 1. The maximum Gasteiger partial charge on any atom is 0.386 e. The standard InChI is InChI=1S/C18H21FN12O9P2S2/c19-18(31-13-9(26-29-31)12(20)22-5-23-13)4-35-8-3-37-41(33,43)39-7-1-6(2-36-42(34,44)40-11(8)18)38-16(7)30-14-10(27-28-30)15(32)25-17(21)24-14/h5-8,11,16H,1-4H2,(H,33,43)(H,34,44)(H2,20,22,23)(H3,21,24,25,32)/t6?,7-,8+,11+,16?,18+,41?,42?/m0/s1. The topological polar surface area (TPSA) is 275 Å². The molecule has 26 heteroatoms. The number of aromatic nitrogens is 10. The van der Waals surface area contributed by atoms with Crippen molar-refractivity contribution in [3.63, 3.8) is 0 Å². The summed E-state index contributed by atoms with van der Waals surface area (Å²) in [6.45, 7) is -10.4. The van der Waals surface area contributed by atoms with Crippen molar-refractivity contribution < 1.29 is 41.1 Å². The number of hydrogen-bond donors (Lipinski definition) is 5. The van der Waals surface area contributed by atoms with Gasteiger partial charge in [-0.2, -0.15) is 14.3 Å². The Kier molecular flexibility index (Phi) is 7.23. The van der Waals surface area contributed by atoms with E-state index in [0.29, 0.717) is 0 Å². The average molecular weight is 695 g/mol. The molecular weight excluding hydrogens is 673 g/mol. The van der Waals surface area contributed by atoms with Crippen molar-refractivity contribution in [3.8, 4) is 0 Å². The van der Waals surface area contributed by atoms with Crippen molar-refractivity contribution in [3.05, 3.63) is 16.7 Å². The summed E-state index contributed by atoms with van der Waals surface area (Å²) in [6.07, 6.45) is -5.30. The predicted octanol–water partition coefficient (Wildman–Crippen LogP) is 0.115. The van der Waals surface area contributed by atoms with Gasteiger partial charge in [0.1, 0.15) is 25.1 Å². The monoisotopic (exact) mass is 694 g/mol. The zero-order valence-corrected chi connectivity index (χ0v) is 25.4. The van der Waals surface area contributed by atoms with Gasteiger partial charge in [-0.25, -0.2) is 23.5 Å². The number of nitrogen functional groups attached to an aromatic ring is 2. The number of nitrogens with zero attached hydrogens (tertiary/aromatic N) is 9. The van der Waals surface area contributed by atoms with Crippen LogP contribution in [0.4, 0.5) is 16.2 Å². The van der Waals surface area contributed by atoms with Crippen LogP contribution in [0, 0.1) is 0 Å². The summed E-state index contributed by atoms with van der Waals surface area (Å²) in [5, 5.41) is 15.4. The summed E-state index contributed by atoms with van der Waals surface area (Å²) >= 11 is 8.12. The first-order valence-corrected chi connectivity index (χ1v) is 17.9. The van der Waals surface area contributed by atoms with E-state index in [1.54, 1.807) is 0 Å². The Labute approximate surface area is 253 Å². The van der Waals surface area contributed by atoms with Crippen LogP contribution in [0.1, 0.15) is 12.6 Å².